The molecule has 2 aromatic rings. The maximum Gasteiger partial charge on any atom is 0.247 e. The van der Waals surface area contributed by atoms with Crippen LogP contribution in [0, 0.1) is 5.82 Å². The van der Waals surface area contributed by atoms with Crippen LogP contribution in [0.1, 0.15) is 18.7 Å². The largest absolute Gasteiger partial charge is 0.421 e. The number of halogens is 2. The Morgan fingerprint density at radius 2 is 2.16 bits per heavy atom. The highest BCUT2D eigenvalue weighted by Crippen LogP contribution is 2.24. The van der Waals surface area contributed by atoms with E-state index in [1.807, 2.05) is 0 Å². The standard InChI is InChI=1S/C13H13BrFN3O/c14-9-5-8(6-10(15)7-9)13-18-17-12(19-13)3-4-16-11-1-2-11/h5-7,11,16H,1-4H2. The van der Waals surface area contributed by atoms with Crippen LogP contribution in [0.4, 0.5) is 4.39 Å². The second-order valence-electron chi connectivity index (χ2n) is 4.64. The number of hydrogen-bond acceptors (Lipinski definition) is 4. The molecule has 4 nitrogen and oxygen atoms in total. The quantitative estimate of drug-likeness (QED) is 0.918. The second kappa shape index (κ2) is 5.38. The SMILES string of the molecule is Fc1cc(Br)cc(-c2nnc(CCNC3CC3)o2)c1. The molecule has 100 valence electrons. The Hall–Kier alpha value is -1.27. The van der Waals surface area contributed by atoms with E-state index in [1.54, 1.807) is 6.07 Å². The third-order valence-electron chi connectivity index (χ3n) is 2.93. The first kappa shape index (κ1) is 12.7. The lowest BCUT2D eigenvalue weighted by atomic mass is 10.2. The predicted molar refractivity (Wildman–Crippen MR) is 72.1 cm³/mol. The Morgan fingerprint density at radius 1 is 1.32 bits per heavy atom. The van der Waals surface area contributed by atoms with Gasteiger partial charge in [0, 0.05) is 29.0 Å². The minimum Gasteiger partial charge on any atom is -0.421 e. The van der Waals surface area contributed by atoms with Crippen LogP contribution in [-0.4, -0.2) is 22.8 Å². The molecule has 1 heterocycles. The van der Waals surface area contributed by atoms with Gasteiger partial charge in [-0.3, -0.25) is 0 Å². The minimum absolute atomic E-state index is 0.334. The van der Waals surface area contributed by atoms with Crippen molar-refractivity contribution in [3.8, 4) is 11.5 Å². The fourth-order valence-electron chi connectivity index (χ4n) is 1.82. The molecule has 0 saturated heterocycles. The van der Waals surface area contributed by atoms with Gasteiger partial charge in [0.2, 0.25) is 11.8 Å². The lowest BCUT2D eigenvalue weighted by molar-refractivity contribution is 0.493. The summed E-state index contributed by atoms with van der Waals surface area (Å²) < 4.78 is 19.5. The predicted octanol–water partition coefficient (Wildman–Crippen LogP) is 2.93. The maximum atomic E-state index is 13.3. The molecule has 0 bridgehead atoms. The molecule has 0 atom stereocenters. The summed E-state index contributed by atoms with van der Waals surface area (Å²) >= 11 is 3.24. The minimum atomic E-state index is -0.334. The van der Waals surface area contributed by atoms with Gasteiger partial charge in [0.15, 0.2) is 0 Å². The van der Waals surface area contributed by atoms with E-state index in [0.717, 1.165) is 6.54 Å². The van der Waals surface area contributed by atoms with Crippen LogP contribution in [0.2, 0.25) is 0 Å². The van der Waals surface area contributed by atoms with Crippen molar-refractivity contribution in [1.82, 2.24) is 15.5 Å². The highest BCUT2D eigenvalue weighted by Gasteiger charge is 2.20. The maximum absolute atomic E-state index is 13.3. The number of aromatic nitrogens is 2. The topological polar surface area (TPSA) is 51.0 Å². The zero-order valence-corrected chi connectivity index (χ0v) is 11.8. The van der Waals surface area contributed by atoms with Crippen LogP contribution in [0.3, 0.4) is 0 Å². The van der Waals surface area contributed by atoms with Gasteiger partial charge in [0.25, 0.3) is 0 Å². The normalized spacial score (nSPS) is 14.8. The summed E-state index contributed by atoms with van der Waals surface area (Å²) in [5.41, 5.74) is 0.584. The van der Waals surface area contributed by atoms with Crippen molar-refractivity contribution in [2.75, 3.05) is 6.54 Å². The average molecular weight is 326 g/mol. The molecule has 1 aliphatic rings. The smallest absolute Gasteiger partial charge is 0.247 e. The van der Waals surface area contributed by atoms with Crippen molar-refractivity contribution in [3.63, 3.8) is 0 Å². The van der Waals surface area contributed by atoms with E-state index in [2.05, 4.69) is 31.4 Å². The van der Waals surface area contributed by atoms with Crippen molar-refractivity contribution in [2.24, 2.45) is 0 Å². The highest BCUT2D eigenvalue weighted by atomic mass is 79.9. The van der Waals surface area contributed by atoms with Gasteiger partial charge in [-0.1, -0.05) is 15.9 Å². The average Bonchev–Trinajstić information content (AvgIpc) is 3.04. The second-order valence-corrected chi connectivity index (χ2v) is 5.55. The van der Waals surface area contributed by atoms with Gasteiger partial charge in [-0.05, 0) is 31.0 Å². The molecular formula is C13H13BrFN3O. The highest BCUT2D eigenvalue weighted by molar-refractivity contribution is 9.10. The first-order chi connectivity index (χ1) is 9.20. The molecule has 6 heteroatoms. The van der Waals surface area contributed by atoms with Gasteiger partial charge in [0.05, 0.1) is 0 Å². The van der Waals surface area contributed by atoms with E-state index in [-0.39, 0.29) is 5.82 Å². The van der Waals surface area contributed by atoms with Crippen LogP contribution >= 0.6 is 15.9 Å². The van der Waals surface area contributed by atoms with Crippen LogP contribution in [-0.2, 0) is 6.42 Å². The molecule has 1 aliphatic carbocycles. The third-order valence-corrected chi connectivity index (χ3v) is 3.38. The van der Waals surface area contributed by atoms with E-state index in [9.17, 15) is 4.39 Å². The fraction of sp³-hybridized carbons (Fsp3) is 0.385. The molecule has 3 rings (SSSR count). The summed E-state index contributed by atoms with van der Waals surface area (Å²) in [5, 5.41) is 11.3. The molecule has 1 fully saturated rings. The van der Waals surface area contributed by atoms with Crippen molar-refractivity contribution in [3.05, 3.63) is 34.4 Å². The third kappa shape index (κ3) is 3.39. The summed E-state index contributed by atoms with van der Waals surface area (Å²) in [5.74, 6) is 0.588. The fourth-order valence-corrected chi connectivity index (χ4v) is 2.28. The molecule has 19 heavy (non-hydrogen) atoms. The Bertz CT molecular complexity index is 563. The van der Waals surface area contributed by atoms with Gasteiger partial charge >= 0.3 is 0 Å². The summed E-state index contributed by atoms with van der Waals surface area (Å²) in [6.07, 6.45) is 3.21. The van der Waals surface area contributed by atoms with Gasteiger partial charge in [-0.2, -0.15) is 0 Å². The van der Waals surface area contributed by atoms with Gasteiger partial charge < -0.3 is 9.73 Å². The van der Waals surface area contributed by atoms with Crippen LogP contribution in [0.25, 0.3) is 11.5 Å². The number of hydrogen-bond donors (Lipinski definition) is 1. The molecule has 0 unspecified atom stereocenters. The summed E-state index contributed by atoms with van der Waals surface area (Å²) in [6.45, 7) is 0.832. The Balaban J connectivity index is 1.68. The number of nitrogens with zero attached hydrogens (tertiary/aromatic N) is 2. The molecule has 0 aliphatic heterocycles. The first-order valence-electron chi connectivity index (χ1n) is 6.23. The van der Waals surface area contributed by atoms with Crippen molar-refractivity contribution in [2.45, 2.75) is 25.3 Å². The molecule has 0 amide bonds. The number of benzene rings is 1. The Kier molecular flexibility index (Phi) is 3.61. The van der Waals surface area contributed by atoms with E-state index in [1.165, 1.54) is 25.0 Å². The molecular weight excluding hydrogens is 313 g/mol. The van der Waals surface area contributed by atoms with Crippen molar-refractivity contribution in [1.29, 1.82) is 0 Å². The monoisotopic (exact) mass is 325 g/mol. The van der Waals surface area contributed by atoms with E-state index >= 15 is 0 Å². The molecule has 1 N–H and O–H groups in total. The van der Waals surface area contributed by atoms with Crippen molar-refractivity contribution < 1.29 is 8.81 Å². The first-order valence-corrected chi connectivity index (χ1v) is 7.02. The zero-order chi connectivity index (χ0) is 13.2. The van der Waals surface area contributed by atoms with E-state index < -0.39 is 0 Å². The molecule has 1 aromatic carbocycles. The Labute approximate surface area is 118 Å². The number of rotatable bonds is 5. The van der Waals surface area contributed by atoms with Crippen LogP contribution in [0.15, 0.2) is 27.1 Å². The van der Waals surface area contributed by atoms with E-state index in [4.69, 9.17) is 4.42 Å². The molecule has 0 radical (unpaired) electrons. The van der Waals surface area contributed by atoms with Crippen LogP contribution in [0.5, 0.6) is 0 Å². The van der Waals surface area contributed by atoms with Gasteiger partial charge in [-0.15, -0.1) is 10.2 Å². The van der Waals surface area contributed by atoms with Gasteiger partial charge in [-0.25, -0.2) is 4.39 Å². The lowest BCUT2D eigenvalue weighted by Gasteiger charge is -1.98. The Morgan fingerprint density at radius 3 is 2.89 bits per heavy atom. The van der Waals surface area contributed by atoms with Crippen LogP contribution < -0.4 is 5.32 Å². The molecule has 0 spiro atoms. The summed E-state index contributed by atoms with van der Waals surface area (Å²) in [4.78, 5) is 0. The van der Waals surface area contributed by atoms with E-state index in [0.29, 0.717) is 34.3 Å². The lowest BCUT2D eigenvalue weighted by Crippen LogP contribution is -2.19. The zero-order valence-electron chi connectivity index (χ0n) is 10.2. The van der Waals surface area contributed by atoms with Crippen molar-refractivity contribution >= 4 is 15.9 Å². The van der Waals surface area contributed by atoms with Gasteiger partial charge in [0.1, 0.15) is 5.82 Å². The summed E-state index contributed by atoms with van der Waals surface area (Å²) in [6, 6.07) is 5.19. The molecule has 1 saturated carbocycles. The summed E-state index contributed by atoms with van der Waals surface area (Å²) in [7, 11) is 0. The number of nitrogens with one attached hydrogen (secondary N) is 1. The molecule has 1 aromatic heterocycles.